The van der Waals surface area contributed by atoms with Crippen LogP contribution < -0.4 is 21.0 Å². The second-order valence-corrected chi connectivity index (χ2v) is 9.71. The average Bonchev–Trinajstić information content (AvgIpc) is 3.31. The third kappa shape index (κ3) is 10.1. The van der Waals surface area contributed by atoms with Gasteiger partial charge in [-0.05, 0) is 44.9 Å². The molecular weight excluding hydrogens is 623 g/mol. The number of aryl methyl sites for hydroxylation is 1. The Morgan fingerprint density at radius 3 is 2.41 bits per heavy atom. The number of fused-ring (bicyclic) bond motifs is 1. The minimum absolute atomic E-state index is 0.0417. The van der Waals surface area contributed by atoms with Crippen LogP contribution in [0, 0.1) is 6.92 Å². The number of hydrazine groups is 1. The van der Waals surface area contributed by atoms with Crippen molar-refractivity contribution >= 4 is 46.4 Å². The summed E-state index contributed by atoms with van der Waals surface area (Å²) in [6, 6.07) is 2.40. The van der Waals surface area contributed by atoms with E-state index in [9.17, 15) is 18.0 Å². The molecule has 0 atom stereocenters. The van der Waals surface area contributed by atoms with Crippen LogP contribution in [0.3, 0.4) is 0 Å². The maximum atomic E-state index is 12.6. The predicted molar refractivity (Wildman–Crippen MR) is 146 cm³/mol. The number of carbonyl (C=O) groups excluding carboxylic acids is 1. The molecule has 2 radical (unpaired) electrons. The van der Waals surface area contributed by atoms with Gasteiger partial charge in [0.05, 0.1) is 24.4 Å². The molecule has 2 aromatic rings. The molecule has 0 aliphatic carbocycles. The molecule has 2 aromatic heterocycles. The van der Waals surface area contributed by atoms with Crippen molar-refractivity contribution in [2.24, 2.45) is 0 Å². The van der Waals surface area contributed by atoms with Crippen molar-refractivity contribution in [3.05, 3.63) is 47.1 Å². The molecule has 39 heavy (non-hydrogen) atoms. The number of hydrogen-bond acceptors (Lipinski definition) is 9. The molecule has 14 heteroatoms. The van der Waals surface area contributed by atoms with Gasteiger partial charge in [0.1, 0.15) is 11.4 Å². The fraction of sp³-hybridized carbons (Fsp3) is 0.520. The number of nitrogens with zero attached hydrogens (tertiary/aromatic N) is 5. The molecule has 1 amide bonds. The number of anilines is 3. The molecule has 2 aliphatic heterocycles. The number of carbonyl (C=O) groups is 1. The van der Waals surface area contributed by atoms with Crippen LogP contribution in [0.1, 0.15) is 37.7 Å². The number of alkyl halides is 3. The van der Waals surface area contributed by atoms with Gasteiger partial charge < -0.3 is 25.3 Å². The zero-order valence-corrected chi connectivity index (χ0v) is 25.8. The molecule has 0 saturated carbocycles. The summed E-state index contributed by atoms with van der Waals surface area (Å²) in [5.41, 5.74) is 5.27. The van der Waals surface area contributed by atoms with E-state index >= 15 is 0 Å². The Bertz CT molecular complexity index is 1140. The van der Waals surface area contributed by atoms with Crippen molar-refractivity contribution in [1.82, 2.24) is 25.4 Å². The number of halogens is 3. The van der Waals surface area contributed by atoms with Crippen LogP contribution >= 0.6 is 0 Å². The molecule has 0 unspecified atom stereocenters. The first-order valence-electron chi connectivity index (χ1n) is 12.1. The Balaban J connectivity index is 0.000000590. The third-order valence-electron chi connectivity index (χ3n) is 5.48. The van der Waals surface area contributed by atoms with E-state index in [4.69, 9.17) is 4.74 Å². The average molecular weight is 659 g/mol. The van der Waals surface area contributed by atoms with Crippen LogP contribution in [0.25, 0.3) is 0 Å². The van der Waals surface area contributed by atoms with Crippen LogP contribution in [0.4, 0.5) is 30.6 Å². The number of hydrogen-bond donors (Lipinski definition) is 3. The number of methoxy groups -OCH3 is 1. The predicted octanol–water partition coefficient (Wildman–Crippen LogP) is 3.54. The van der Waals surface area contributed by atoms with Crippen LogP contribution in [-0.2, 0) is 22.3 Å². The summed E-state index contributed by atoms with van der Waals surface area (Å²) in [7, 11) is 3.51. The minimum atomic E-state index is -4.44. The number of aromatic nitrogens is 3. The van der Waals surface area contributed by atoms with E-state index < -0.39 is 11.9 Å². The number of likely N-dealkylation sites (N-methyl/N-ethyl adjacent to an activating group) is 1. The summed E-state index contributed by atoms with van der Waals surface area (Å²) in [6.45, 7) is 9.55. The summed E-state index contributed by atoms with van der Waals surface area (Å²) in [4.78, 5) is 27.9. The molecule has 3 N–H and O–H groups in total. The number of ether oxygens (including phenoxy) is 1. The van der Waals surface area contributed by atoms with Gasteiger partial charge in [-0.3, -0.25) is 9.78 Å². The molecule has 214 valence electrons. The Labute approximate surface area is 241 Å². The summed E-state index contributed by atoms with van der Waals surface area (Å²) >= 11 is 1.75. The Morgan fingerprint density at radius 1 is 1.18 bits per heavy atom. The first kappa shape index (κ1) is 32.6. The van der Waals surface area contributed by atoms with Gasteiger partial charge in [0, 0.05) is 39.6 Å². The quantitative estimate of drug-likeness (QED) is 0.416. The van der Waals surface area contributed by atoms with Crippen molar-refractivity contribution in [1.29, 1.82) is 0 Å². The van der Waals surface area contributed by atoms with Gasteiger partial charge in [-0.25, -0.2) is 10.4 Å². The molecule has 10 nitrogen and oxygen atoms in total. The van der Waals surface area contributed by atoms with E-state index in [-0.39, 0.29) is 18.1 Å². The van der Waals surface area contributed by atoms with Gasteiger partial charge in [0.2, 0.25) is 11.9 Å². The molecule has 2 aliphatic rings. The van der Waals surface area contributed by atoms with E-state index in [2.05, 4.69) is 35.9 Å². The molecule has 0 fully saturated rings. The number of amides is 1. The van der Waals surface area contributed by atoms with Gasteiger partial charge in [-0.1, -0.05) is 6.07 Å². The van der Waals surface area contributed by atoms with Gasteiger partial charge >= 0.3 is 34.1 Å². The Hall–Kier alpha value is -2.63. The van der Waals surface area contributed by atoms with Gasteiger partial charge in [0.25, 0.3) is 0 Å². The maximum absolute atomic E-state index is 12.6. The molecular formula is C25H36F3N8O2Sb. The zero-order chi connectivity index (χ0) is 29.4. The van der Waals surface area contributed by atoms with Gasteiger partial charge in [-0.15, -0.1) is 0 Å². The fourth-order valence-electron chi connectivity index (χ4n) is 3.33. The molecule has 0 aromatic carbocycles. The van der Waals surface area contributed by atoms with Crippen LogP contribution in [0.15, 0.2) is 30.1 Å². The molecule has 0 saturated heterocycles. The Kier molecular flexibility index (Phi) is 11.8. The van der Waals surface area contributed by atoms with Crippen molar-refractivity contribution in [3.8, 4) is 0 Å². The van der Waals surface area contributed by atoms with Gasteiger partial charge in [0.15, 0.2) is 5.82 Å². The second kappa shape index (κ2) is 14.1. The SMILES string of the molecule is COC(C)(C)C.Cc1nc(NCC2=CN(Cc3ccc(C(F)(F)F)nc3)NC2)nc2c1NC(=O)CN2C.[CH3][Sb]. The van der Waals surface area contributed by atoms with E-state index in [1.54, 1.807) is 54.0 Å². The van der Waals surface area contributed by atoms with Crippen LogP contribution in [-0.4, -0.2) is 88.3 Å². The zero-order valence-electron chi connectivity index (χ0n) is 23.3. The fourth-order valence-corrected chi connectivity index (χ4v) is 3.33. The summed E-state index contributed by atoms with van der Waals surface area (Å²) in [6.07, 6.45) is -1.32. The Morgan fingerprint density at radius 2 is 1.85 bits per heavy atom. The van der Waals surface area contributed by atoms with E-state index in [0.29, 0.717) is 48.3 Å². The van der Waals surface area contributed by atoms with E-state index in [0.717, 1.165) is 11.6 Å². The first-order chi connectivity index (χ1) is 18.2. The summed E-state index contributed by atoms with van der Waals surface area (Å²) < 4.78 is 42.8. The van der Waals surface area contributed by atoms with Crippen molar-refractivity contribution in [2.45, 2.75) is 50.9 Å². The molecule has 0 spiro atoms. The summed E-state index contributed by atoms with van der Waals surface area (Å²) in [5.74, 6) is 1.00. The van der Waals surface area contributed by atoms with E-state index in [1.807, 2.05) is 27.0 Å². The standard InChI is InChI=1S/C19H21F3N8O.C5H12O.CH3.Sb/c1-11-16-17(29(2)10-15(31)27-16)28-18(26-11)24-6-13-7-25-30(9-13)8-12-3-4-14(23-5-12)19(20,21)22;1-5(2,3)6-4;;/h3-5,9,25H,6-8,10H2,1-2H3,(H,27,31)(H,24,26,28);1-4H3;1H3;. The van der Waals surface area contributed by atoms with Crippen molar-refractivity contribution in [3.63, 3.8) is 0 Å². The molecule has 0 bridgehead atoms. The topological polar surface area (TPSA) is 108 Å². The van der Waals surface area contributed by atoms with Gasteiger partial charge in [-0.2, -0.15) is 18.2 Å². The normalized spacial score (nSPS) is 14.8. The third-order valence-corrected chi connectivity index (χ3v) is 5.48. The first-order valence-corrected chi connectivity index (χ1v) is 14.7. The van der Waals surface area contributed by atoms with Crippen molar-refractivity contribution in [2.75, 3.05) is 49.3 Å². The van der Waals surface area contributed by atoms with Crippen molar-refractivity contribution < 1.29 is 22.7 Å². The van der Waals surface area contributed by atoms with Crippen LogP contribution in [0.2, 0.25) is 4.87 Å². The number of pyridine rings is 1. The number of nitrogens with one attached hydrogen (secondary N) is 3. The summed E-state index contributed by atoms with van der Waals surface area (Å²) in [5, 5.41) is 7.77. The monoisotopic (exact) mass is 658 g/mol. The van der Waals surface area contributed by atoms with Crippen LogP contribution in [0.5, 0.6) is 0 Å². The molecule has 4 rings (SSSR count). The van der Waals surface area contributed by atoms with E-state index in [1.165, 1.54) is 12.3 Å². The molecule has 4 heterocycles. The number of rotatable bonds is 5. The second-order valence-electron chi connectivity index (χ2n) is 9.71.